The number of unbranched alkanes of at least 4 members (excludes halogenated alkanes) is 4. The van der Waals surface area contributed by atoms with Gasteiger partial charge in [-0.2, -0.15) is 12.6 Å². The van der Waals surface area contributed by atoms with E-state index in [2.05, 4.69) is 103 Å². The van der Waals surface area contributed by atoms with Crippen molar-refractivity contribution in [2.45, 2.75) is 346 Å². The number of carboxylic acids is 2. The van der Waals surface area contributed by atoms with Gasteiger partial charge in [-0.3, -0.25) is 96.5 Å². The first-order valence-electron chi connectivity index (χ1n) is 50.4. The van der Waals surface area contributed by atoms with Gasteiger partial charge in [0, 0.05) is 38.1 Å². The van der Waals surface area contributed by atoms with Crippen LogP contribution >= 0.6 is 12.6 Å². The maximum absolute atomic E-state index is 15.1. The molecule has 826 valence electrons. The third-order valence-electron chi connectivity index (χ3n) is 24.5. The highest BCUT2D eigenvalue weighted by Gasteiger charge is 2.43. The van der Waals surface area contributed by atoms with Crippen molar-refractivity contribution in [1.29, 1.82) is 5.41 Å². The van der Waals surface area contributed by atoms with Crippen LogP contribution in [0.25, 0.3) is 0 Å². The number of benzene rings is 1. The number of aliphatic carboxylic acids is 2. The number of aliphatic hydroxyl groups is 1. The van der Waals surface area contributed by atoms with E-state index in [1.165, 1.54) is 36.1 Å². The van der Waals surface area contributed by atoms with Crippen molar-refractivity contribution in [3.05, 3.63) is 29.8 Å². The van der Waals surface area contributed by atoms with Crippen molar-refractivity contribution >= 4 is 137 Å². The number of likely N-dealkylation sites (tertiary alicyclic amines) is 1. The van der Waals surface area contributed by atoms with Crippen LogP contribution in [0.5, 0.6) is 5.75 Å². The van der Waals surface area contributed by atoms with Crippen molar-refractivity contribution in [3.8, 4) is 5.75 Å². The van der Waals surface area contributed by atoms with Crippen LogP contribution < -0.4 is 131 Å². The van der Waals surface area contributed by atoms with Gasteiger partial charge in [0.25, 0.3) is 0 Å². The summed E-state index contributed by atoms with van der Waals surface area (Å²) in [6.07, 6.45) is 1.25. The molecule has 1 fully saturated rings. The number of amides is 18. The average molecular weight is 2090 g/mol. The number of aromatic hydroxyl groups is 1. The zero-order valence-corrected chi connectivity index (χ0v) is 87.0. The van der Waals surface area contributed by atoms with E-state index in [1.807, 2.05) is 0 Å². The van der Waals surface area contributed by atoms with Crippen LogP contribution in [0.15, 0.2) is 24.3 Å². The summed E-state index contributed by atoms with van der Waals surface area (Å²) in [6, 6.07) is -18.7. The second-order valence-corrected chi connectivity index (χ2v) is 38.7. The maximum Gasteiger partial charge on any atom is 0.328 e. The number of nitrogens with zero attached hydrogens (tertiary/aromatic N) is 1. The second-order valence-electron chi connectivity index (χ2n) is 38.3. The zero-order valence-electron chi connectivity index (χ0n) is 86.1. The van der Waals surface area contributed by atoms with Crippen LogP contribution in [0.1, 0.15) is 242 Å². The van der Waals surface area contributed by atoms with E-state index < -0.39 is 265 Å². The molecule has 0 aromatic heterocycles. The number of nitrogens with one attached hydrogen (secondary N) is 18. The van der Waals surface area contributed by atoms with E-state index >= 15 is 24.0 Å². The summed E-state index contributed by atoms with van der Waals surface area (Å²) >= 11 is 4.18. The third kappa shape index (κ3) is 49.3. The fraction of sp³-hybridized carbons (Fsp3) is 0.716. The maximum atomic E-state index is 15.1. The average Bonchev–Trinajstić information content (AvgIpc) is 1.65. The van der Waals surface area contributed by atoms with E-state index in [0.29, 0.717) is 37.7 Å². The first kappa shape index (κ1) is 130. The molecule has 51 heteroatoms. The van der Waals surface area contributed by atoms with Crippen LogP contribution in [-0.2, 0) is 102 Å². The number of phenolic OH excluding ortho intramolecular Hbond substituents is 1. The Balaban J connectivity index is 2.59. The van der Waals surface area contributed by atoms with Gasteiger partial charge in [-0.25, -0.2) is 4.79 Å². The number of carboxylic acid groups (broad SMARTS) is 2. The summed E-state index contributed by atoms with van der Waals surface area (Å²) < 4.78 is 0. The van der Waals surface area contributed by atoms with Crippen LogP contribution in [0, 0.1) is 35.0 Å². The lowest BCUT2D eigenvalue weighted by Crippen LogP contribution is -2.62. The smallest absolute Gasteiger partial charge is 0.328 e. The predicted octanol–water partition coefficient (Wildman–Crippen LogP) is -5.19. The van der Waals surface area contributed by atoms with Crippen molar-refractivity contribution < 1.29 is 116 Å². The first-order valence-corrected chi connectivity index (χ1v) is 51.1. The largest absolute Gasteiger partial charge is 0.508 e. The number of guanidine groups is 1. The minimum atomic E-state index is -1.81. The monoisotopic (exact) mass is 2090 g/mol. The van der Waals surface area contributed by atoms with E-state index in [9.17, 15) is 92.3 Å². The minimum absolute atomic E-state index is 0.00140. The van der Waals surface area contributed by atoms with E-state index in [1.54, 1.807) is 69.2 Å². The number of phenols is 1. The molecule has 0 aliphatic carbocycles. The molecule has 2 rings (SSSR count). The highest BCUT2D eigenvalue weighted by Crippen LogP contribution is 2.23. The number of hydrogen-bond donors (Lipinski definition) is 30. The highest BCUT2D eigenvalue weighted by molar-refractivity contribution is 7.80. The molecule has 19 atom stereocenters. The molecular formula is C95H166N26O24S. The van der Waals surface area contributed by atoms with Crippen molar-refractivity contribution in [3.63, 3.8) is 0 Å². The molecule has 0 unspecified atom stereocenters. The topological polar surface area (TPSA) is 836 Å². The lowest BCUT2D eigenvalue weighted by atomic mass is 9.94. The van der Waals surface area contributed by atoms with Gasteiger partial charge in [-0.05, 0) is 215 Å². The molecule has 0 radical (unpaired) electrons. The van der Waals surface area contributed by atoms with Gasteiger partial charge in [0.05, 0.1) is 19.2 Å². The number of hydrogen-bond acceptors (Lipinski definition) is 29. The molecule has 1 aliphatic rings. The van der Waals surface area contributed by atoms with Crippen molar-refractivity contribution in [2.24, 2.45) is 69.7 Å². The molecule has 0 bridgehead atoms. The number of carbonyl (C=O) groups excluding carboxylic acids is 18. The Bertz CT molecular complexity index is 4410. The molecule has 36 N–H and O–H groups in total. The number of thiol groups is 1. The van der Waals surface area contributed by atoms with Crippen LogP contribution in [0.3, 0.4) is 0 Å². The van der Waals surface area contributed by atoms with Crippen LogP contribution in [-0.4, -0.2) is 310 Å². The quantitative estimate of drug-likeness (QED) is 0.0125. The van der Waals surface area contributed by atoms with Crippen LogP contribution in [0.4, 0.5) is 0 Å². The fourth-order valence-corrected chi connectivity index (χ4v) is 16.0. The molecule has 1 aromatic rings. The summed E-state index contributed by atoms with van der Waals surface area (Å²) in [7, 11) is 0. The standard InChI is InChI=1S/C95H166N26O24S/c1-12-54(9)76(91(141)113-62(27-16-20-40-98)81(131)108-61(26-15-19-39-97)82(132)114-67(45-52(5)6)86(136)115-66(44-51(3)4)85(135)111-65(35-37-75(126)127)83(133)118-70(49-122)94(144)145)120-92(142)77(55(10)13-2)119-84(134)63(28-17-21-41-99)109-80(130)60(25-14-18-38-96)110-88(138)69(47-57-30-32-58(123)33-31-57)116-87(137)68(46-53(7)8)117-90(140)72-29-23-43-121(72)93(143)56(11)106-79(129)64(34-36-73(101)124)112-89(139)71(50-146)107-74(125)48-105-78(128)59(100)24-22-42-104-95(102)103/h30-33,51-56,59-72,76-77,122-123,146H,12-29,34-50,96-100H2,1-11H3,(H2,101,124)(H,105,128)(H,106,129)(H,107,125)(H,108,131)(H,109,130)(H,110,138)(H,111,135)(H,112,139)(H,113,141)(H,114,132)(H,115,136)(H,116,137)(H,117,140)(H,118,133)(H,119,134)(H,120,142)(H,126,127)(H,144,145)(H4,102,103,104)/t54-,55-,56-,59-,60-,61-,62-,63-,64-,65-,66-,67-,68-,69-,70-,71-,72-,76-,77-/m0/s1. The number of primary amides is 1. The fourth-order valence-electron chi connectivity index (χ4n) is 15.7. The van der Waals surface area contributed by atoms with Gasteiger partial charge in [0.2, 0.25) is 106 Å². The van der Waals surface area contributed by atoms with Crippen molar-refractivity contribution in [2.75, 3.05) is 58.2 Å². The molecule has 146 heavy (non-hydrogen) atoms. The van der Waals surface area contributed by atoms with Gasteiger partial charge in [0.15, 0.2) is 5.96 Å². The first-order chi connectivity index (χ1) is 68.9. The SMILES string of the molecule is CC[C@H](C)[C@H](NC(=O)[C@H](CCCCN)NC(=O)[C@H](CCCCN)NC(=O)[C@H](Cc1ccc(O)cc1)NC(=O)[C@H](CC(C)C)NC(=O)[C@@H]1CCCN1C(=O)[C@H](C)NC(=O)[C@H](CCC(N)=O)NC(=O)[C@H](CS)NC(=O)CNC(=O)[C@@H](N)CCCNC(=N)N)C(=O)N[C@H](C(=O)N[C@@H](CCCCN)C(=O)N[C@@H](CCCCN)C(=O)N[C@@H](CC(C)C)C(=O)N[C@@H](CC(C)C)C(=O)N[C@@H](CCC(=O)O)C(=O)N[C@@H](CO)C(=O)O)[C@@H](C)CC. The van der Waals surface area contributed by atoms with Gasteiger partial charge >= 0.3 is 11.9 Å². The Morgan fingerprint density at radius 2 is 0.774 bits per heavy atom. The molecular weight excluding hydrogens is 1920 g/mol. The molecule has 0 spiro atoms. The number of carbonyl (C=O) groups is 20. The molecule has 1 aliphatic heterocycles. The van der Waals surface area contributed by atoms with E-state index in [-0.39, 0.29) is 190 Å². The summed E-state index contributed by atoms with van der Waals surface area (Å²) in [5.74, 6) is -21.7. The van der Waals surface area contributed by atoms with Crippen molar-refractivity contribution in [1.82, 2.24) is 95.3 Å². The Labute approximate surface area is 859 Å². The molecule has 18 amide bonds. The summed E-state index contributed by atoms with van der Waals surface area (Å²) in [5, 5.41) is 90.5. The van der Waals surface area contributed by atoms with E-state index in [0.717, 1.165) is 0 Å². The Morgan fingerprint density at radius 1 is 0.418 bits per heavy atom. The number of aliphatic hydroxyl groups excluding tert-OH is 1. The lowest BCUT2D eigenvalue weighted by molar-refractivity contribution is -0.144. The molecule has 1 saturated heterocycles. The Kier molecular flexibility index (Phi) is 62.1. The lowest BCUT2D eigenvalue weighted by Gasteiger charge is -2.31. The summed E-state index contributed by atoms with van der Waals surface area (Å²) in [5.41, 5.74) is 40.8. The molecule has 1 aromatic carbocycles. The van der Waals surface area contributed by atoms with Gasteiger partial charge in [0.1, 0.15) is 102 Å². The number of nitrogens with two attached hydrogens (primary N) is 7. The second kappa shape index (κ2) is 69.8. The van der Waals surface area contributed by atoms with Crippen LogP contribution in [0.2, 0.25) is 0 Å². The predicted molar refractivity (Wildman–Crippen MR) is 544 cm³/mol. The number of rotatable bonds is 74. The normalized spacial score (nSPS) is 16.0. The van der Waals surface area contributed by atoms with Gasteiger partial charge in [-0.15, -0.1) is 0 Å². The minimum Gasteiger partial charge on any atom is -0.508 e. The molecule has 1 heterocycles. The Morgan fingerprint density at radius 3 is 1.16 bits per heavy atom. The van der Waals surface area contributed by atoms with E-state index in [4.69, 9.17) is 45.5 Å². The van der Waals surface area contributed by atoms with Gasteiger partial charge < -0.3 is 156 Å². The third-order valence-corrected chi connectivity index (χ3v) is 24.9. The molecule has 0 saturated carbocycles. The zero-order chi connectivity index (χ0) is 110. The Hall–Kier alpha value is -12.2. The van der Waals surface area contributed by atoms with Gasteiger partial charge in [-0.1, -0.05) is 94.2 Å². The summed E-state index contributed by atoms with van der Waals surface area (Å²) in [6.45, 7) is 17.9. The summed E-state index contributed by atoms with van der Waals surface area (Å²) in [4.78, 5) is 281. The molecule has 50 nitrogen and oxygen atoms in total. The highest BCUT2D eigenvalue weighted by atomic mass is 32.1.